The maximum atomic E-state index is 11.4. The number of hydrogen-bond acceptors (Lipinski definition) is 3. The second-order valence-corrected chi connectivity index (χ2v) is 6.56. The molecule has 0 amide bonds. The molecule has 0 aromatic carbocycles. The van der Waals surface area contributed by atoms with E-state index in [-0.39, 0.29) is 0 Å². The largest absolute Gasteiger partial charge is 0.478 e. The molecule has 1 fully saturated rings. The summed E-state index contributed by atoms with van der Waals surface area (Å²) in [6.07, 6.45) is 6.68. The van der Waals surface area contributed by atoms with E-state index in [1.807, 2.05) is 6.07 Å². The van der Waals surface area contributed by atoms with Crippen LogP contribution < -0.4 is 0 Å². The van der Waals surface area contributed by atoms with Gasteiger partial charge in [0, 0.05) is 24.4 Å². The second-order valence-electron chi connectivity index (χ2n) is 6.56. The van der Waals surface area contributed by atoms with Gasteiger partial charge in [-0.25, -0.2) is 4.79 Å². The Labute approximate surface area is 130 Å². The van der Waals surface area contributed by atoms with Crippen LogP contribution in [0.2, 0.25) is 0 Å². The molecule has 0 saturated heterocycles. The third-order valence-electron chi connectivity index (χ3n) is 4.70. The minimum absolute atomic E-state index is 0.297. The number of nitrogens with zero attached hydrogens (tertiary/aromatic N) is 2. The molecular weight excluding hydrogens is 278 g/mol. The molecule has 1 aliphatic carbocycles. The van der Waals surface area contributed by atoms with Gasteiger partial charge in [0.05, 0.1) is 16.6 Å². The van der Waals surface area contributed by atoms with Crippen LogP contribution in [0.5, 0.6) is 0 Å². The number of carboxylic acids is 1. The highest BCUT2D eigenvalue weighted by atomic mass is 16.4. The lowest BCUT2D eigenvalue weighted by Crippen LogP contribution is -2.25. The number of H-pyrrole nitrogens is 1. The summed E-state index contributed by atoms with van der Waals surface area (Å²) in [5, 5.41) is 9.33. The number of hydrogen-bond donors (Lipinski definition) is 2. The average molecular weight is 301 g/mol. The summed E-state index contributed by atoms with van der Waals surface area (Å²) in [7, 11) is 4.18. The molecular formula is C17H23N3O2. The predicted molar refractivity (Wildman–Crippen MR) is 86.3 cm³/mol. The molecule has 0 radical (unpaired) electrons. The Balaban J connectivity index is 2.01. The first kappa shape index (κ1) is 15.0. The molecule has 5 nitrogen and oxygen atoms in total. The maximum Gasteiger partial charge on any atom is 0.337 e. The van der Waals surface area contributed by atoms with Crippen LogP contribution in [0.3, 0.4) is 0 Å². The summed E-state index contributed by atoms with van der Waals surface area (Å²) in [6.45, 7) is 0.972. The van der Waals surface area contributed by atoms with Gasteiger partial charge in [0.1, 0.15) is 0 Å². The van der Waals surface area contributed by atoms with Crippen LogP contribution in [0.15, 0.2) is 18.3 Å². The van der Waals surface area contributed by atoms with Crippen LogP contribution in [0, 0.1) is 5.92 Å². The fourth-order valence-corrected chi connectivity index (χ4v) is 3.68. The van der Waals surface area contributed by atoms with Gasteiger partial charge in [0.15, 0.2) is 0 Å². The Morgan fingerprint density at radius 2 is 2.18 bits per heavy atom. The van der Waals surface area contributed by atoms with Crippen LogP contribution in [0.4, 0.5) is 0 Å². The zero-order valence-corrected chi connectivity index (χ0v) is 13.2. The fourth-order valence-electron chi connectivity index (χ4n) is 3.68. The number of aromatic carboxylic acids is 1. The summed E-state index contributed by atoms with van der Waals surface area (Å²) >= 11 is 0. The summed E-state index contributed by atoms with van der Waals surface area (Å²) in [5.74, 6) is 0.169. The van der Waals surface area contributed by atoms with E-state index in [0.29, 0.717) is 22.9 Å². The molecule has 0 spiro atoms. The molecule has 1 aliphatic rings. The lowest BCUT2D eigenvalue weighted by atomic mass is 9.88. The topological polar surface area (TPSA) is 69.2 Å². The number of fused-ring (bicyclic) bond motifs is 1. The summed E-state index contributed by atoms with van der Waals surface area (Å²) in [5.41, 5.74) is 2.81. The molecule has 5 heteroatoms. The molecule has 0 bridgehead atoms. The van der Waals surface area contributed by atoms with Crippen LogP contribution in [-0.4, -0.2) is 46.6 Å². The molecule has 2 aromatic rings. The Kier molecular flexibility index (Phi) is 4.16. The molecule has 3 rings (SSSR count). The van der Waals surface area contributed by atoms with E-state index in [9.17, 15) is 9.90 Å². The van der Waals surface area contributed by atoms with Crippen molar-refractivity contribution in [2.24, 2.45) is 5.92 Å². The molecule has 1 unspecified atom stereocenters. The highest BCUT2D eigenvalue weighted by molar-refractivity contribution is 6.00. The predicted octanol–water partition coefficient (Wildman–Crippen LogP) is 3.10. The third kappa shape index (κ3) is 2.86. The van der Waals surface area contributed by atoms with E-state index in [1.54, 1.807) is 12.3 Å². The Morgan fingerprint density at radius 1 is 1.45 bits per heavy atom. The Morgan fingerprint density at radius 3 is 2.82 bits per heavy atom. The number of aromatic amines is 1. The van der Waals surface area contributed by atoms with E-state index < -0.39 is 5.97 Å². The van der Waals surface area contributed by atoms with Crippen molar-refractivity contribution >= 4 is 17.0 Å². The van der Waals surface area contributed by atoms with Gasteiger partial charge in [-0.1, -0.05) is 12.8 Å². The van der Waals surface area contributed by atoms with Crippen molar-refractivity contribution < 1.29 is 9.90 Å². The normalized spacial score (nSPS) is 17.4. The number of aromatic nitrogens is 2. The zero-order valence-electron chi connectivity index (χ0n) is 13.2. The monoisotopic (exact) mass is 301 g/mol. The van der Waals surface area contributed by atoms with E-state index in [0.717, 1.165) is 17.8 Å². The quantitative estimate of drug-likeness (QED) is 0.890. The first-order chi connectivity index (χ1) is 10.6. The lowest BCUT2D eigenvalue weighted by molar-refractivity contribution is 0.0698. The number of carboxylic acid groups (broad SMARTS) is 1. The second kappa shape index (κ2) is 6.08. The molecule has 2 N–H and O–H groups in total. The van der Waals surface area contributed by atoms with Gasteiger partial charge < -0.3 is 15.0 Å². The molecule has 0 aliphatic heterocycles. The van der Waals surface area contributed by atoms with Crippen LogP contribution in [0.25, 0.3) is 11.0 Å². The summed E-state index contributed by atoms with van der Waals surface area (Å²) < 4.78 is 0. The molecule has 22 heavy (non-hydrogen) atoms. The van der Waals surface area contributed by atoms with E-state index in [2.05, 4.69) is 29.0 Å². The van der Waals surface area contributed by atoms with Crippen LogP contribution in [0.1, 0.15) is 47.7 Å². The van der Waals surface area contributed by atoms with E-state index in [4.69, 9.17) is 0 Å². The number of nitrogens with one attached hydrogen (secondary N) is 1. The number of carbonyl (C=O) groups is 1. The van der Waals surface area contributed by atoms with E-state index in [1.165, 1.54) is 25.7 Å². The molecule has 2 heterocycles. The van der Waals surface area contributed by atoms with Crippen molar-refractivity contribution in [3.05, 3.63) is 29.6 Å². The van der Waals surface area contributed by atoms with Gasteiger partial charge in [-0.3, -0.25) is 4.98 Å². The molecule has 1 saturated carbocycles. The summed E-state index contributed by atoms with van der Waals surface area (Å²) in [4.78, 5) is 21.3. The number of pyridine rings is 1. The van der Waals surface area contributed by atoms with Gasteiger partial charge in [-0.15, -0.1) is 0 Å². The number of likely N-dealkylation sites (N-methyl/N-ethyl adjacent to an activating group) is 1. The first-order valence-corrected chi connectivity index (χ1v) is 7.92. The molecule has 1 atom stereocenters. The first-order valence-electron chi connectivity index (χ1n) is 7.92. The Bertz CT molecular complexity index is 672. The highest BCUT2D eigenvalue weighted by Gasteiger charge is 2.28. The maximum absolute atomic E-state index is 11.4. The van der Waals surface area contributed by atoms with E-state index >= 15 is 0 Å². The fraction of sp³-hybridized carbons (Fsp3) is 0.529. The SMILES string of the molecule is CN(C)CC(c1cc2nccc(C(=O)O)c2[nH]1)C1CCCC1. The van der Waals surface area contributed by atoms with Crippen LogP contribution in [-0.2, 0) is 0 Å². The van der Waals surface area contributed by atoms with Gasteiger partial charge in [-0.05, 0) is 45.0 Å². The van der Waals surface area contributed by atoms with Gasteiger partial charge in [0.2, 0.25) is 0 Å². The minimum atomic E-state index is -0.911. The van der Waals surface area contributed by atoms with Crippen molar-refractivity contribution in [2.75, 3.05) is 20.6 Å². The molecule has 118 valence electrons. The highest BCUT2D eigenvalue weighted by Crippen LogP contribution is 2.38. The van der Waals surface area contributed by atoms with Crippen molar-refractivity contribution in [1.29, 1.82) is 0 Å². The van der Waals surface area contributed by atoms with Crippen molar-refractivity contribution in [3.8, 4) is 0 Å². The third-order valence-corrected chi connectivity index (χ3v) is 4.70. The minimum Gasteiger partial charge on any atom is -0.478 e. The summed E-state index contributed by atoms with van der Waals surface area (Å²) in [6, 6.07) is 3.59. The van der Waals surface area contributed by atoms with Gasteiger partial charge in [-0.2, -0.15) is 0 Å². The number of rotatable bonds is 5. The van der Waals surface area contributed by atoms with Crippen molar-refractivity contribution in [1.82, 2.24) is 14.9 Å². The van der Waals surface area contributed by atoms with Crippen LogP contribution >= 0.6 is 0 Å². The van der Waals surface area contributed by atoms with Crippen molar-refractivity contribution in [2.45, 2.75) is 31.6 Å². The van der Waals surface area contributed by atoms with Crippen molar-refractivity contribution in [3.63, 3.8) is 0 Å². The van der Waals surface area contributed by atoms with Gasteiger partial charge in [0.25, 0.3) is 0 Å². The molecule has 2 aromatic heterocycles. The smallest absolute Gasteiger partial charge is 0.337 e. The lowest BCUT2D eigenvalue weighted by Gasteiger charge is -2.25. The standard InChI is InChI=1S/C17H23N3O2/c1-20(2)10-13(11-5-3-4-6-11)14-9-15-16(19-14)12(17(21)22)7-8-18-15/h7-9,11,13,19H,3-6,10H2,1-2H3,(H,21,22). The van der Waals surface area contributed by atoms with Gasteiger partial charge >= 0.3 is 5.97 Å². The zero-order chi connectivity index (χ0) is 15.7. The Hall–Kier alpha value is -1.88. The average Bonchev–Trinajstić information content (AvgIpc) is 3.12.